The van der Waals surface area contributed by atoms with E-state index in [0.29, 0.717) is 11.7 Å². The lowest BCUT2D eigenvalue weighted by Gasteiger charge is -2.09. The number of ether oxygens (including phenoxy) is 1. The van der Waals surface area contributed by atoms with E-state index in [0.717, 1.165) is 17.5 Å². The fraction of sp³-hybridized carbons (Fsp3) is 0.300. The third-order valence-electron chi connectivity index (χ3n) is 3.53. The SMILES string of the molecule is CC(C)Cc1ccc(/C=N/N=C(\N)SCc2ccc(OC(F)(F)F)cc2)cc1. The van der Waals surface area contributed by atoms with Crippen LogP contribution < -0.4 is 10.5 Å². The van der Waals surface area contributed by atoms with E-state index in [9.17, 15) is 13.2 Å². The second-order valence-corrected chi connectivity index (χ2v) is 7.50. The van der Waals surface area contributed by atoms with Crippen LogP contribution in [0.1, 0.15) is 30.5 Å². The van der Waals surface area contributed by atoms with Crippen LogP contribution in [0.4, 0.5) is 13.2 Å². The Morgan fingerprint density at radius 3 is 2.25 bits per heavy atom. The van der Waals surface area contributed by atoms with Crippen molar-refractivity contribution in [1.82, 2.24) is 0 Å². The third kappa shape index (κ3) is 8.47. The molecular weight excluding hydrogens is 387 g/mol. The zero-order valence-electron chi connectivity index (χ0n) is 15.6. The van der Waals surface area contributed by atoms with Gasteiger partial charge in [-0.1, -0.05) is 62.0 Å². The molecule has 2 rings (SSSR count). The molecule has 0 aromatic heterocycles. The Bertz CT molecular complexity index is 801. The van der Waals surface area contributed by atoms with Crippen LogP contribution in [-0.4, -0.2) is 17.7 Å². The lowest BCUT2D eigenvalue weighted by molar-refractivity contribution is -0.274. The molecule has 0 heterocycles. The largest absolute Gasteiger partial charge is 0.573 e. The summed E-state index contributed by atoms with van der Waals surface area (Å²) in [7, 11) is 0. The molecule has 0 amide bonds. The van der Waals surface area contributed by atoms with Gasteiger partial charge in [-0.25, -0.2) is 0 Å². The highest BCUT2D eigenvalue weighted by molar-refractivity contribution is 8.13. The van der Waals surface area contributed by atoms with Crippen LogP contribution in [-0.2, 0) is 12.2 Å². The minimum absolute atomic E-state index is 0.257. The average Bonchev–Trinajstić information content (AvgIpc) is 2.61. The first kappa shape index (κ1) is 21.8. The van der Waals surface area contributed by atoms with Gasteiger partial charge in [0.1, 0.15) is 5.75 Å². The summed E-state index contributed by atoms with van der Waals surface area (Å²) in [6.07, 6.45) is -2.04. The van der Waals surface area contributed by atoms with Crippen LogP contribution in [0.3, 0.4) is 0 Å². The Morgan fingerprint density at radius 1 is 1.07 bits per heavy atom. The minimum Gasteiger partial charge on any atom is -0.406 e. The normalized spacial score (nSPS) is 12.7. The second-order valence-electron chi connectivity index (χ2n) is 6.50. The second kappa shape index (κ2) is 10.2. The van der Waals surface area contributed by atoms with E-state index in [1.165, 1.54) is 29.5 Å². The molecule has 0 aliphatic heterocycles. The average molecular weight is 409 g/mol. The van der Waals surface area contributed by atoms with Gasteiger partial charge in [-0.15, -0.1) is 18.3 Å². The summed E-state index contributed by atoms with van der Waals surface area (Å²) in [5, 5.41) is 8.16. The van der Waals surface area contributed by atoms with Crippen molar-refractivity contribution in [3.05, 3.63) is 65.2 Å². The first-order chi connectivity index (χ1) is 13.2. The molecule has 0 radical (unpaired) electrons. The van der Waals surface area contributed by atoms with Gasteiger partial charge >= 0.3 is 6.36 Å². The van der Waals surface area contributed by atoms with E-state index in [1.807, 2.05) is 12.1 Å². The van der Waals surface area contributed by atoms with Gasteiger partial charge in [0.25, 0.3) is 0 Å². The Balaban J connectivity index is 1.83. The molecule has 0 spiro atoms. The summed E-state index contributed by atoms with van der Waals surface area (Å²) >= 11 is 1.24. The number of hydrogen-bond donors (Lipinski definition) is 1. The fourth-order valence-electron chi connectivity index (χ4n) is 2.34. The molecule has 0 unspecified atom stereocenters. The standard InChI is InChI=1S/C20H22F3N3OS/c1-14(2)11-15-3-5-16(6-4-15)12-25-26-19(24)28-13-17-7-9-18(10-8-17)27-20(21,22)23/h3-10,12,14H,11,13H2,1-2H3,(H2,24,26)/b25-12+. The molecule has 0 bridgehead atoms. The summed E-state index contributed by atoms with van der Waals surface area (Å²) in [6, 6.07) is 13.7. The van der Waals surface area contributed by atoms with Crippen molar-refractivity contribution in [3.8, 4) is 5.75 Å². The number of rotatable bonds is 7. The van der Waals surface area contributed by atoms with E-state index in [2.05, 4.69) is 40.9 Å². The van der Waals surface area contributed by atoms with Crippen molar-refractivity contribution >= 4 is 23.1 Å². The molecule has 2 aromatic rings. The van der Waals surface area contributed by atoms with Gasteiger partial charge < -0.3 is 10.5 Å². The highest BCUT2D eigenvalue weighted by Gasteiger charge is 2.30. The molecule has 0 aliphatic rings. The molecule has 0 saturated heterocycles. The molecule has 2 aromatic carbocycles. The van der Waals surface area contributed by atoms with Gasteiger partial charge in [0.05, 0.1) is 6.21 Å². The fourth-order valence-corrected chi connectivity index (χ4v) is 2.95. The number of hydrogen-bond acceptors (Lipinski definition) is 4. The molecule has 150 valence electrons. The van der Waals surface area contributed by atoms with Gasteiger partial charge in [-0.3, -0.25) is 0 Å². The van der Waals surface area contributed by atoms with Gasteiger partial charge in [0.2, 0.25) is 0 Å². The summed E-state index contributed by atoms with van der Waals surface area (Å²) < 4.78 is 40.2. The maximum Gasteiger partial charge on any atom is 0.573 e. The predicted octanol–water partition coefficient (Wildman–Crippen LogP) is 5.37. The van der Waals surface area contributed by atoms with Crippen molar-refractivity contribution in [1.29, 1.82) is 0 Å². The van der Waals surface area contributed by atoms with E-state index in [4.69, 9.17) is 5.73 Å². The molecule has 0 saturated carbocycles. The number of benzene rings is 2. The van der Waals surface area contributed by atoms with Crippen molar-refractivity contribution in [3.63, 3.8) is 0 Å². The third-order valence-corrected chi connectivity index (χ3v) is 4.39. The zero-order chi connectivity index (χ0) is 20.6. The first-order valence-electron chi connectivity index (χ1n) is 8.64. The summed E-state index contributed by atoms with van der Waals surface area (Å²) in [5.74, 6) is 0.808. The molecule has 4 nitrogen and oxygen atoms in total. The van der Waals surface area contributed by atoms with E-state index in [-0.39, 0.29) is 10.9 Å². The van der Waals surface area contributed by atoms with E-state index < -0.39 is 6.36 Å². The maximum atomic E-state index is 12.1. The Morgan fingerprint density at radius 2 is 1.68 bits per heavy atom. The quantitative estimate of drug-likeness (QED) is 0.380. The molecule has 0 fully saturated rings. The van der Waals surface area contributed by atoms with Crippen molar-refractivity contribution < 1.29 is 17.9 Å². The zero-order valence-corrected chi connectivity index (χ0v) is 16.4. The molecule has 2 N–H and O–H groups in total. The number of halogens is 3. The highest BCUT2D eigenvalue weighted by atomic mass is 32.2. The topological polar surface area (TPSA) is 60.0 Å². The lowest BCUT2D eigenvalue weighted by Crippen LogP contribution is -2.17. The number of amidine groups is 1. The number of thioether (sulfide) groups is 1. The van der Waals surface area contributed by atoms with Crippen LogP contribution in [0.5, 0.6) is 5.75 Å². The van der Waals surface area contributed by atoms with Crippen LogP contribution in [0.2, 0.25) is 0 Å². The van der Waals surface area contributed by atoms with Gasteiger partial charge in [0, 0.05) is 5.75 Å². The van der Waals surface area contributed by atoms with Gasteiger partial charge in [-0.05, 0) is 41.2 Å². The lowest BCUT2D eigenvalue weighted by atomic mass is 10.0. The Kier molecular flexibility index (Phi) is 7.92. The Labute approximate surface area is 166 Å². The van der Waals surface area contributed by atoms with Crippen molar-refractivity contribution in [2.45, 2.75) is 32.4 Å². The maximum absolute atomic E-state index is 12.1. The van der Waals surface area contributed by atoms with Crippen LogP contribution in [0, 0.1) is 5.92 Å². The van der Waals surface area contributed by atoms with Gasteiger partial charge in [-0.2, -0.15) is 5.10 Å². The number of nitrogens with zero attached hydrogens (tertiary/aromatic N) is 2. The summed E-state index contributed by atoms with van der Waals surface area (Å²) in [6.45, 7) is 4.35. The summed E-state index contributed by atoms with van der Waals surface area (Å²) in [4.78, 5) is 0. The minimum atomic E-state index is -4.69. The molecule has 0 aliphatic carbocycles. The number of alkyl halides is 3. The van der Waals surface area contributed by atoms with E-state index in [1.54, 1.807) is 18.3 Å². The Hall–Kier alpha value is -2.48. The predicted molar refractivity (Wildman–Crippen MR) is 109 cm³/mol. The van der Waals surface area contributed by atoms with E-state index >= 15 is 0 Å². The molecule has 28 heavy (non-hydrogen) atoms. The smallest absolute Gasteiger partial charge is 0.406 e. The van der Waals surface area contributed by atoms with Crippen LogP contribution in [0.25, 0.3) is 0 Å². The number of nitrogens with two attached hydrogens (primary N) is 1. The van der Waals surface area contributed by atoms with Crippen molar-refractivity contribution in [2.24, 2.45) is 21.9 Å². The van der Waals surface area contributed by atoms with Crippen molar-refractivity contribution in [2.75, 3.05) is 0 Å². The summed E-state index contributed by atoms with van der Waals surface area (Å²) in [5.41, 5.74) is 8.80. The molecule has 8 heteroatoms. The highest BCUT2D eigenvalue weighted by Crippen LogP contribution is 2.23. The van der Waals surface area contributed by atoms with Crippen LogP contribution >= 0.6 is 11.8 Å². The molecule has 0 atom stereocenters. The first-order valence-corrected chi connectivity index (χ1v) is 9.63. The van der Waals surface area contributed by atoms with Gasteiger partial charge in [0.15, 0.2) is 5.17 Å². The monoisotopic (exact) mass is 409 g/mol. The molecular formula is C20H22F3N3OS. The van der Waals surface area contributed by atoms with Crippen LogP contribution in [0.15, 0.2) is 58.7 Å².